The smallest absolute Gasteiger partial charge is 0.252 e. The number of amides is 1. The van der Waals surface area contributed by atoms with Gasteiger partial charge < -0.3 is 14.9 Å². The second kappa shape index (κ2) is 6.91. The van der Waals surface area contributed by atoms with Crippen LogP contribution < -0.4 is 10.1 Å². The Hall–Kier alpha value is -2.89. The number of methoxy groups -OCH3 is 1. The highest BCUT2D eigenvalue weighted by Crippen LogP contribution is 2.19. The highest BCUT2D eigenvalue weighted by atomic mass is 16.6. The SMILES string of the molecule is COc1ccc(C2=NO[C@H](CNC(=O)c3cccnc3)C2)cc1. The summed E-state index contributed by atoms with van der Waals surface area (Å²) in [4.78, 5) is 21.3. The van der Waals surface area contributed by atoms with Crippen LogP contribution in [0.5, 0.6) is 5.75 Å². The number of nitrogens with zero attached hydrogens (tertiary/aromatic N) is 2. The molecular formula is C17H17N3O3. The Morgan fingerprint density at radius 1 is 1.35 bits per heavy atom. The first-order chi connectivity index (χ1) is 11.3. The minimum absolute atomic E-state index is 0.160. The monoisotopic (exact) mass is 311 g/mol. The molecule has 6 heteroatoms. The fraction of sp³-hybridized carbons (Fsp3) is 0.235. The van der Waals surface area contributed by atoms with Gasteiger partial charge in [-0.3, -0.25) is 9.78 Å². The summed E-state index contributed by atoms with van der Waals surface area (Å²) in [5.41, 5.74) is 2.39. The summed E-state index contributed by atoms with van der Waals surface area (Å²) in [6, 6.07) is 11.1. The highest BCUT2D eigenvalue weighted by Gasteiger charge is 2.22. The number of hydrogen-bond acceptors (Lipinski definition) is 5. The Bertz CT molecular complexity index is 699. The number of oxime groups is 1. The zero-order valence-electron chi connectivity index (χ0n) is 12.7. The maximum absolute atomic E-state index is 12.0. The van der Waals surface area contributed by atoms with E-state index in [1.54, 1.807) is 25.4 Å². The molecule has 2 heterocycles. The van der Waals surface area contributed by atoms with Gasteiger partial charge in [-0.15, -0.1) is 0 Å². The van der Waals surface area contributed by atoms with E-state index in [1.807, 2.05) is 24.3 Å². The van der Waals surface area contributed by atoms with Gasteiger partial charge in [0.05, 0.1) is 24.9 Å². The Balaban J connectivity index is 1.52. The summed E-state index contributed by atoms with van der Waals surface area (Å²) < 4.78 is 5.14. The van der Waals surface area contributed by atoms with Crippen molar-refractivity contribution >= 4 is 11.6 Å². The van der Waals surface area contributed by atoms with Crippen molar-refractivity contribution < 1.29 is 14.4 Å². The molecule has 118 valence electrons. The van der Waals surface area contributed by atoms with Gasteiger partial charge in [0.2, 0.25) is 0 Å². The number of ether oxygens (including phenoxy) is 1. The predicted molar refractivity (Wildman–Crippen MR) is 85.6 cm³/mol. The number of aromatic nitrogens is 1. The fourth-order valence-electron chi connectivity index (χ4n) is 2.30. The van der Waals surface area contributed by atoms with E-state index >= 15 is 0 Å². The van der Waals surface area contributed by atoms with Crippen molar-refractivity contribution in [3.8, 4) is 5.75 Å². The third kappa shape index (κ3) is 3.66. The minimum Gasteiger partial charge on any atom is -0.497 e. The summed E-state index contributed by atoms with van der Waals surface area (Å²) in [5, 5.41) is 6.94. The van der Waals surface area contributed by atoms with Crippen molar-refractivity contribution in [1.82, 2.24) is 10.3 Å². The summed E-state index contributed by atoms with van der Waals surface area (Å²) in [7, 11) is 1.63. The van der Waals surface area contributed by atoms with E-state index in [1.165, 1.54) is 6.20 Å². The van der Waals surface area contributed by atoms with Crippen molar-refractivity contribution in [1.29, 1.82) is 0 Å². The molecule has 0 aliphatic carbocycles. The maximum atomic E-state index is 12.0. The molecule has 0 saturated carbocycles. The van der Waals surface area contributed by atoms with Crippen molar-refractivity contribution in [3.63, 3.8) is 0 Å². The van der Waals surface area contributed by atoms with Crippen LogP contribution in [0.4, 0.5) is 0 Å². The van der Waals surface area contributed by atoms with Gasteiger partial charge >= 0.3 is 0 Å². The third-order valence-electron chi connectivity index (χ3n) is 3.57. The van der Waals surface area contributed by atoms with Crippen LogP contribution in [-0.2, 0) is 4.84 Å². The molecule has 3 rings (SSSR count). The summed E-state index contributed by atoms with van der Waals surface area (Å²) in [6.45, 7) is 0.400. The Morgan fingerprint density at radius 2 is 2.17 bits per heavy atom. The molecule has 1 aliphatic heterocycles. The summed E-state index contributed by atoms with van der Waals surface area (Å²) in [6.07, 6.45) is 3.66. The largest absolute Gasteiger partial charge is 0.497 e. The van der Waals surface area contributed by atoms with E-state index in [0.717, 1.165) is 17.0 Å². The summed E-state index contributed by atoms with van der Waals surface area (Å²) in [5.74, 6) is 0.633. The number of pyridine rings is 1. The van der Waals surface area contributed by atoms with E-state index in [9.17, 15) is 4.79 Å². The van der Waals surface area contributed by atoms with Gasteiger partial charge in [0.25, 0.3) is 5.91 Å². The average molecular weight is 311 g/mol. The number of benzene rings is 1. The number of nitrogens with one attached hydrogen (secondary N) is 1. The van der Waals surface area contributed by atoms with Crippen LogP contribution in [0.3, 0.4) is 0 Å². The van der Waals surface area contributed by atoms with Crippen LogP contribution in [0.15, 0.2) is 53.9 Å². The van der Waals surface area contributed by atoms with Gasteiger partial charge in [-0.05, 0) is 42.0 Å². The molecule has 0 unspecified atom stereocenters. The minimum atomic E-state index is -0.167. The molecule has 1 amide bonds. The highest BCUT2D eigenvalue weighted by molar-refractivity contribution is 6.01. The fourth-order valence-corrected chi connectivity index (χ4v) is 2.30. The van der Waals surface area contributed by atoms with Crippen molar-refractivity contribution in [2.24, 2.45) is 5.16 Å². The molecule has 0 spiro atoms. The molecule has 1 atom stereocenters. The molecule has 6 nitrogen and oxygen atoms in total. The molecular weight excluding hydrogens is 294 g/mol. The molecule has 1 aliphatic rings. The van der Waals surface area contributed by atoms with Gasteiger partial charge in [-0.1, -0.05) is 5.16 Å². The lowest BCUT2D eigenvalue weighted by atomic mass is 10.0. The first kappa shape index (κ1) is 15.0. The van der Waals surface area contributed by atoms with Crippen molar-refractivity contribution in [2.45, 2.75) is 12.5 Å². The molecule has 0 fully saturated rings. The summed E-state index contributed by atoms with van der Waals surface area (Å²) >= 11 is 0. The van der Waals surface area contributed by atoms with Crippen molar-refractivity contribution in [3.05, 3.63) is 59.9 Å². The zero-order chi connectivity index (χ0) is 16.1. The predicted octanol–water partition coefficient (Wildman–Crippen LogP) is 2.01. The molecule has 1 aromatic heterocycles. The molecule has 1 aromatic carbocycles. The normalized spacial score (nSPS) is 16.4. The first-order valence-electron chi connectivity index (χ1n) is 7.31. The Kier molecular flexibility index (Phi) is 4.52. The molecule has 0 saturated heterocycles. The lowest BCUT2D eigenvalue weighted by Crippen LogP contribution is -2.32. The van der Waals surface area contributed by atoms with Crippen LogP contribution in [0.1, 0.15) is 22.3 Å². The molecule has 23 heavy (non-hydrogen) atoms. The van der Waals surface area contributed by atoms with E-state index in [2.05, 4.69) is 15.5 Å². The van der Waals surface area contributed by atoms with Crippen LogP contribution in [0.25, 0.3) is 0 Å². The maximum Gasteiger partial charge on any atom is 0.252 e. The quantitative estimate of drug-likeness (QED) is 0.917. The topological polar surface area (TPSA) is 72.8 Å². The van der Waals surface area contributed by atoms with E-state index in [-0.39, 0.29) is 12.0 Å². The third-order valence-corrected chi connectivity index (χ3v) is 3.57. The van der Waals surface area contributed by atoms with Gasteiger partial charge in [-0.25, -0.2) is 0 Å². The zero-order valence-corrected chi connectivity index (χ0v) is 12.7. The van der Waals surface area contributed by atoms with E-state index in [0.29, 0.717) is 18.5 Å². The average Bonchev–Trinajstić information content (AvgIpc) is 3.09. The molecule has 2 aromatic rings. The molecule has 0 bridgehead atoms. The second-order valence-corrected chi connectivity index (χ2v) is 5.15. The van der Waals surface area contributed by atoms with Gasteiger partial charge in [0, 0.05) is 18.8 Å². The first-order valence-corrected chi connectivity index (χ1v) is 7.31. The number of carbonyl (C=O) groups excluding carboxylic acids is 1. The van der Waals surface area contributed by atoms with Crippen LogP contribution >= 0.6 is 0 Å². The van der Waals surface area contributed by atoms with Gasteiger partial charge in [0.15, 0.2) is 0 Å². The van der Waals surface area contributed by atoms with Crippen LogP contribution in [0.2, 0.25) is 0 Å². The second-order valence-electron chi connectivity index (χ2n) is 5.15. The molecule has 0 radical (unpaired) electrons. The van der Waals surface area contributed by atoms with Crippen LogP contribution in [0, 0.1) is 0 Å². The van der Waals surface area contributed by atoms with Crippen molar-refractivity contribution in [2.75, 3.05) is 13.7 Å². The van der Waals surface area contributed by atoms with E-state index < -0.39 is 0 Å². The van der Waals surface area contributed by atoms with E-state index in [4.69, 9.17) is 9.57 Å². The lowest BCUT2D eigenvalue weighted by molar-refractivity contribution is 0.0753. The molecule has 1 N–H and O–H groups in total. The van der Waals surface area contributed by atoms with Gasteiger partial charge in [-0.2, -0.15) is 0 Å². The lowest BCUT2D eigenvalue weighted by Gasteiger charge is -2.09. The van der Waals surface area contributed by atoms with Crippen LogP contribution in [-0.4, -0.2) is 36.4 Å². The number of carbonyl (C=O) groups is 1. The Labute approximate surface area is 134 Å². The van der Waals surface area contributed by atoms with Gasteiger partial charge in [0.1, 0.15) is 11.9 Å². The number of hydrogen-bond donors (Lipinski definition) is 1. The Morgan fingerprint density at radius 3 is 2.87 bits per heavy atom. The number of rotatable bonds is 5. The standard InChI is InChI=1S/C17H17N3O3/c1-22-14-6-4-12(5-7-14)16-9-15(23-20-16)11-19-17(21)13-3-2-8-18-10-13/h2-8,10,15H,9,11H2,1H3,(H,19,21)/t15-/m0/s1.